The van der Waals surface area contributed by atoms with E-state index in [-0.39, 0.29) is 28.8 Å². The summed E-state index contributed by atoms with van der Waals surface area (Å²) in [5, 5.41) is 0.0949. The lowest BCUT2D eigenvalue weighted by atomic mass is 9.86. The van der Waals surface area contributed by atoms with E-state index >= 15 is 0 Å². The third kappa shape index (κ3) is 5.50. The first-order valence-electron chi connectivity index (χ1n) is 10.3. The second kappa shape index (κ2) is 9.32. The van der Waals surface area contributed by atoms with E-state index in [1.165, 1.54) is 5.57 Å². The van der Waals surface area contributed by atoms with E-state index in [2.05, 4.69) is 76.3 Å². The topological polar surface area (TPSA) is 35.5 Å². The Kier molecular flexibility index (Phi) is 7.74. The van der Waals surface area contributed by atoms with Crippen LogP contribution in [-0.4, -0.2) is 26.8 Å². The van der Waals surface area contributed by atoms with Gasteiger partial charge in [-0.15, -0.1) is 0 Å². The van der Waals surface area contributed by atoms with Crippen molar-refractivity contribution in [1.29, 1.82) is 0 Å². The van der Waals surface area contributed by atoms with Crippen LogP contribution in [0.25, 0.3) is 0 Å². The molecule has 3 unspecified atom stereocenters. The number of ether oxygens (including phenoxy) is 1. The number of rotatable bonds is 7. The molecule has 1 aliphatic carbocycles. The third-order valence-corrected chi connectivity index (χ3v) is 11.1. The van der Waals surface area contributed by atoms with Gasteiger partial charge in [0, 0.05) is 17.9 Å². The van der Waals surface area contributed by atoms with E-state index in [0.717, 1.165) is 15.8 Å². The van der Waals surface area contributed by atoms with Crippen LogP contribution in [0.5, 0.6) is 5.75 Å². The summed E-state index contributed by atoms with van der Waals surface area (Å²) in [6.45, 7) is 19.5. The van der Waals surface area contributed by atoms with Crippen molar-refractivity contribution in [2.45, 2.75) is 71.2 Å². The van der Waals surface area contributed by atoms with Gasteiger partial charge in [0.15, 0.2) is 8.32 Å². The molecule has 1 aliphatic rings. The molecule has 0 bridgehead atoms. The largest absolute Gasteiger partial charge is 0.488 e. The summed E-state index contributed by atoms with van der Waals surface area (Å²) in [6.07, 6.45) is 4.27. The van der Waals surface area contributed by atoms with Gasteiger partial charge in [0.25, 0.3) is 0 Å². The third-order valence-electron chi connectivity index (χ3n) is 6.02. The lowest BCUT2D eigenvalue weighted by Gasteiger charge is -2.39. The molecule has 0 amide bonds. The van der Waals surface area contributed by atoms with Crippen molar-refractivity contribution in [2.75, 3.05) is 6.61 Å². The van der Waals surface area contributed by atoms with Gasteiger partial charge in [-0.1, -0.05) is 57.2 Å². The molecule has 1 aromatic rings. The summed E-state index contributed by atoms with van der Waals surface area (Å²) in [7, 11) is -2.00. The standard InChI is InChI=1S/C24H35BrO3Si/c1-9-13-27-23-17(11-10-12-19(23)25)22-18(14-16(2)3)21(15-20(22)26)28-29(7,8)24(4,5)6/h9-12,14,18,21-22H,1,13,15H2,2-8H3. The second-order valence-corrected chi connectivity index (χ2v) is 15.3. The molecule has 29 heavy (non-hydrogen) atoms. The normalized spacial score (nSPS) is 22.5. The van der Waals surface area contributed by atoms with Crippen LogP contribution in [0.3, 0.4) is 0 Å². The second-order valence-electron chi connectivity index (χ2n) is 9.64. The number of hydrogen-bond donors (Lipinski definition) is 0. The van der Waals surface area contributed by atoms with E-state index in [1.807, 2.05) is 18.2 Å². The maximum atomic E-state index is 13.3. The van der Waals surface area contributed by atoms with Crippen LogP contribution in [0.2, 0.25) is 18.1 Å². The van der Waals surface area contributed by atoms with Crippen LogP contribution >= 0.6 is 15.9 Å². The van der Waals surface area contributed by atoms with Gasteiger partial charge in [-0.05, 0) is 54.0 Å². The molecular formula is C24H35BrO3Si. The summed E-state index contributed by atoms with van der Waals surface area (Å²) in [5.41, 5.74) is 2.12. The van der Waals surface area contributed by atoms with Gasteiger partial charge in [0.2, 0.25) is 0 Å². The Morgan fingerprint density at radius 1 is 1.31 bits per heavy atom. The van der Waals surface area contributed by atoms with Gasteiger partial charge < -0.3 is 9.16 Å². The van der Waals surface area contributed by atoms with Crippen LogP contribution in [0.4, 0.5) is 0 Å². The fourth-order valence-electron chi connectivity index (χ4n) is 3.60. The molecule has 0 N–H and O–H groups in total. The van der Waals surface area contributed by atoms with Crippen molar-refractivity contribution in [2.24, 2.45) is 5.92 Å². The summed E-state index contributed by atoms with van der Waals surface area (Å²) >= 11 is 3.59. The molecule has 2 rings (SSSR count). The Morgan fingerprint density at radius 3 is 2.52 bits per heavy atom. The highest BCUT2D eigenvalue weighted by Gasteiger charge is 2.48. The molecule has 3 atom stereocenters. The van der Waals surface area contributed by atoms with Gasteiger partial charge >= 0.3 is 0 Å². The maximum absolute atomic E-state index is 13.3. The molecule has 3 nitrogen and oxygen atoms in total. The summed E-state index contributed by atoms with van der Waals surface area (Å²) in [6, 6.07) is 5.92. The van der Waals surface area contributed by atoms with Crippen molar-refractivity contribution < 1.29 is 14.0 Å². The monoisotopic (exact) mass is 478 g/mol. The Hall–Kier alpha value is -1.17. The Labute approximate surface area is 185 Å². The zero-order valence-corrected chi connectivity index (χ0v) is 21.4. The minimum Gasteiger partial charge on any atom is -0.488 e. The molecule has 0 spiro atoms. The van der Waals surface area contributed by atoms with E-state index in [4.69, 9.17) is 9.16 Å². The highest BCUT2D eigenvalue weighted by molar-refractivity contribution is 9.10. The van der Waals surface area contributed by atoms with Crippen LogP contribution < -0.4 is 4.74 Å². The molecule has 0 aliphatic heterocycles. The van der Waals surface area contributed by atoms with Crippen LogP contribution in [-0.2, 0) is 9.22 Å². The molecule has 1 fully saturated rings. The smallest absolute Gasteiger partial charge is 0.192 e. The van der Waals surface area contributed by atoms with E-state index in [0.29, 0.717) is 13.0 Å². The van der Waals surface area contributed by atoms with Crippen molar-refractivity contribution in [1.82, 2.24) is 0 Å². The highest BCUT2D eigenvalue weighted by Crippen LogP contribution is 2.48. The molecule has 160 valence electrons. The molecule has 0 heterocycles. The number of para-hydroxylation sites is 1. The zero-order chi connectivity index (χ0) is 22.0. The first kappa shape index (κ1) is 24.1. The Bertz CT molecular complexity index is 788. The minimum atomic E-state index is -2.00. The minimum absolute atomic E-state index is 0.00186. The molecular weight excluding hydrogens is 444 g/mol. The lowest BCUT2D eigenvalue weighted by Crippen LogP contribution is -2.44. The molecule has 1 saturated carbocycles. The molecule has 0 saturated heterocycles. The lowest BCUT2D eigenvalue weighted by molar-refractivity contribution is -0.119. The number of halogens is 1. The van der Waals surface area contributed by atoms with E-state index < -0.39 is 8.32 Å². The van der Waals surface area contributed by atoms with Crippen molar-refractivity contribution in [3.63, 3.8) is 0 Å². The fourth-order valence-corrected chi connectivity index (χ4v) is 5.45. The van der Waals surface area contributed by atoms with Crippen molar-refractivity contribution >= 4 is 30.0 Å². The first-order chi connectivity index (χ1) is 13.4. The van der Waals surface area contributed by atoms with Gasteiger partial charge in [0.05, 0.1) is 16.5 Å². The molecule has 0 radical (unpaired) electrons. The average Bonchev–Trinajstić information content (AvgIpc) is 2.86. The van der Waals surface area contributed by atoms with Gasteiger partial charge in [-0.2, -0.15) is 0 Å². The number of carbonyl (C=O) groups is 1. The van der Waals surface area contributed by atoms with Gasteiger partial charge in [-0.3, -0.25) is 4.79 Å². The number of ketones is 1. The Morgan fingerprint density at radius 2 is 1.97 bits per heavy atom. The highest BCUT2D eigenvalue weighted by atomic mass is 79.9. The predicted octanol–water partition coefficient (Wildman–Crippen LogP) is 7.04. The van der Waals surface area contributed by atoms with E-state index in [1.54, 1.807) is 6.08 Å². The summed E-state index contributed by atoms with van der Waals surface area (Å²) in [4.78, 5) is 13.3. The number of allylic oxidation sites excluding steroid dienone is 1. The van der Waals surface area contributed by atoms with Crippen LogP contribution in [0.15, 0.2) is 47.0 Å². The number of hydrogen-bond acceptors (Lipinski definition) is 3. The summed E-state index contributed by atoms with van der Waals surface area (Å²) in [5.74, 6) is 0.683. The van der Waals surface area contributed by atoms with Crippen molar-refractivity contribution in [3.8, 4) is 5.75 Å². The number of benzene rings is 1. The van der Waals surface area contributed by atoms with Crippen LogP contribution in [0.1, 0.15) is 52.5 Å². The SMILES string of the molecule is C=CCOc1c(Br)cccc1C1C(=O)CC(O[Si](C)(C)C(C)(C)C)C1C=C(C)C. The Balaban J connectivity index is 2.50. The molecule has 5 heteroatoms. The first-order valence-corrected chi connectivity index (χ1v) is 14.0. The predicted molar refractivity (Wildman–Crippen MR) is 127 cm³/mol. The van der Waals surface area contributed by atoms with E-state index in [9.17, 15) is 4.79 Å². The molecule has 0 aromatic heterocycles. The molecule has 1 aromatic carbocycles. The average molecular weight is 480 g/mol. The van der Waals surface area contributed by atoms with Gasteiger partial charge in [0.1, 0.15) is 18.1 Å². The van der Waals surface area contributed by atoms with Crippen LogP contribution in [0, 0.1) is 5.92 Å². The van der Waals surface area contributed by atoms with Crippen molar-refractivity contribution in [3.05, 3.63) is 52.5 Å². The summed E-state index contributed by atoms with van der Waals surface area (Å²) < 4.78 is 13.6. The number of carbonyl (C=O) groups excluding carboxylic acids is 1. The maximum Gasteiger partial charge on any atom is 0.192 e. The number of Topliss-reactive ketones (excluding diaryl/α,β-unsaturated/α-hetero) is 1. The zero-order valence-electron chi connectivity index (χ0n) is 18.8. The van der Waals surface area contributed by atoms with Gasteiger partial charge in [-0.25, -0.2) is 0 Å². The fraction of sp³-hybridized carbons (Fsp3) is 0.542. The quantitative estimate of drug-likeness (QED) is 0.311.